The Bertz CT molecular complexity index is 501. The Morgan fingerprint density at radius 1 is 1.32 bits per heavy atom. The minimum atomic E-state index is -0.322. The van der Waals surface area contributed by atoms with Crippen LogP contribution in [0.15, 0.2) is 22.7 Å². The molecule has 0 amide bonds. The highest BCUT2D eigenvalue weighted by molar-refractivity contribution is 6.55. The number of aromatic amines is 1. The van der Waals surface area contributed by atoms with Gasteiger partial charge in [0, 0.05) is 11.8 Å². The van der Waals surface area contributed by atoms with E-state index < -0.39 is 0 Å². The van der Waals surface area contributed by atoms with E-state index in [0.717, 1.165) is 16.9 Å². The molecule has 0 atom stereocenters. The maximum atomic E-state index is 6.00. The van der Waals surface area contributed by atoms with E-state index in [-0.39, 0.29) is 18.3 Å². The third-order valence-corrected chi connectivity index (χ3v) is 3.92. The van der Waals surface area contributed by atoms with Gasteiger partial charge in [-0.1, -0.05) is 6.08 Å². The largest absolute Gasteiger partial charge is 0.490 e. The summed E-state index contributed by atoms with van der Waals surface area (Å²) >= 11 is 0. The number of nitrogens with one attached hydrogen (secondary N) is 1. The molecule has 0 radical (unpaired) electrons. The highest BCUT2D eigenvalue weighted by atomic mass is 16.7. The molecule has 0 spiro atoms. The summed E-state index contributed by atoms with van der Waals surface area (Å²) in [5.41, 5.74) is 1.37. The van der Waals surface area contributed by atoms with Crippen molar-refractivity contribution >= 4 is 25.7 Å². The second-order valence-corrected chi connectivity index (χ2v) is 5.92. The van der Waals surface area contributed by atoms with Crippen molar-refractivity contribution in [2.24, 2.45) is 4.99 Å². The molecule has 5 heteroatoms. The summed E-state index contributed by atoms with van der Waals surface area (Å²) in [7, 11) is -0.322. The molecule has 102 valence electrons. The zero-order valence-electron chi connectivity index (χ0n) is 12.3. The third-order valence-electron chi connectivity index (χ3n) is 3.92. The second-order valence-electron chi connectivity index (χ2n) is 5.92. The van der Waals surface area contributed by atoms with E-state index in [1.807, 2.05) is 53.0 Å². The van der Waals surface area contributed by atoms with Crippen LogP contribution in [0.4, 0.5) is 5.82 Å². The normalized spacial score (nSPS) is 21.7. The summed E-state index contributed by atoms with van der Waals surface area (Å²) in [4.78, 5) is 6.96. The van der Waals surface area contributed by atoms with Crippen molar-refractivity contribution in [3.05, 3.63) is 23.3 Å². The van der Waals surface area contributed by atoms with Crippen molar-refractivity contribution in [1.29, 1.82) is 0 Å². The van der Waals surface area contributed by atoms with E-state index in [2.05, 4.69) is 16.7 Å². The highest BCUT2D eigenvalue weighted by Gasteiger charge is 2.51. The molecule has 1 aromatic rings. The minimum absolute atomic E-state index is 0.315. The molecule has 1 N–H and O–H groups in total. The van der Waals surface area contributed by atoms with E-state index >= 15 is 0 Å². The number of allylic oxidation sites excluding steroid dienone is 1. The molecule has 1 aromatic heterocycles. The fraction of sp³-hybridized carbons (Fsp3) is 0.500. The van der Waals surface area contributed by atoms with Gasteiger partial charge in [0.2, 0.25) is 0 Å². The Morgan fingerprint density at radius 3 is 2.42 bits per heavy atom. The van der Waals surface area contributed by atoms with Crippen molar-refractivity contribution in [2.75, 3.05) is 0 Å². The van der Waals surface area contributed by atoms with Crippen LogP contribution < -0.4 is 0 Å². The van der Waals surface area contributed by atoms with Crippen LogP contribution in [0.2, 0.25) is 0 Å². The molecular weight excluding hydrogens is 239 g/mol. The summed E-state index contributed by atoms with van der Waals surface area (Å²) in [6, 6.07) is 1.96. The lowest BCUT2D eigenvalue weighted by Crippen LogP contribution is -2.41. The van der Waals surface area contributed by atoms with Gasteiger partial charge >= 0.3 is 7.12 Å². The van der Waals surface area contributed by atoms with Gasteiger partial charge in [-0.3, -0.25) is 0 Å². The van der Waals surface area contributed by atoms with Crippen LogP contribution in [0.5, 0.6) is 0 Å². The van der Waals surface area contributed by atoms with Gasteiger partial charge in [-0.2, -0.15) is 0 Å². The lowest BCUT2D eigenvalue weighted by Gasteiger charge is -2.32. The maximum absolute atomic E-state index is 6.00. The number of nitrogens with zero attached hydrogens (tertiary/aromatic N) is 1. The average Bonchev–Trinajstić information content (AvgIpc) is 2.82. The first kappa shape index (κ1) is 14.1. The molecule has 1 fully saturated rings. The molecule has 0 aromatic carbocycles. The zero-order valence-corrected chi connectivity index (χ0v) is 12.3. The Hall–Kier alpha value is -1.33. The monoisotopic (exact) mass is 260 g/mol. The molecule has 2 heterocycles. The first-order valence-corrected chi connectivity index (χ1v) is 6.45. The highest BCUT2D eigenvalue weighted by Crippen LogP contribution is 2.38. The van der Waals surface area contributed by atoms with Crippen molar-refractivity contribution < 1.29 is 9.31 Å². The lowest BCUT2D eigenvalue weighted by atomic mass is 9.78. The molecular formula is C14H21BN2O2. The number of H-pyrrole nitrogens is 1. The first-order valence-electron chi connectivity index (χ1n) is 6.45. The first-order chi connectivity index (χ1) is 8.77. The predicted molar refractivity (Wildman–Crippen MR) is 79.7 cm³/mol. The lowest BCUT2D eigenvalue weighted by molar-refractivity contribution is 0.00578. The van der Waals surface area contributed by atoms with Crippen LogP contribution in [0.3, 0.4) is 0 Å². The fourth-order valence-corrected chi connectivity index (χ4v) is 1.97. The summed E-state index contributed by atoms with van der Waals surface area (Å²) in [6.07, 6.45) is 3.86. The van der Waals surface area contributed by atoms with Crippen LogP contribution in [0, 0.1) is 0 Å². The number of aromatic nitrogens is 1. The van der Waals surface area contributed by atoms with E-state index in [9.17, 15) is 0 Å². The summed E-state index contributed by atoms with van der Waals surface area (Å²) < 4.78 is 12.0. The maximum Gasteiger partial charge on any atom is 0.490 e. The molecule has 0 aliphatic carbocycles. The summed E-state index contributed by atoms with van der Waals surface area (Å²) in [5, 5.41) is 0. The standard InChI is InChI=1S/C14H21BN2O2/c1-10(9-11-7-8-17-12(11)16-6)15-18-13(2,3)14(4,5)19-15/h7-9,17H,6H2,1-5H3/b10-9+. The van der Waals surface area contributed by atoms with Crippen molar-refractivity contribution in [3.63, 3.8) is 0 Å². The molecule has 1 aliphatic heterocycles. The number of hydrogen-bond acceptors (Lipinski definition) is 3. The van der Waals surface area contributed by atoms with Crippen molar-refractivity contribution in [3.8, 4) is 0 Å². The number of aliphatic imine (C=N–C) groups is 1. The smallest absolute Gasteiger partial charge is 0.400 e. The van der Waals surface area contributed by atoms with Gasteiger partial charge in [-0.05, 0) is 52.9 Å². The van der Waals surface area contributed by atoms with E-state index in [1.165, 1.54) is 0 Å². The Kier molecular flexibility index (Phi) is 3.45. The Labute approximate surface area is 115 Å². The average molecular weight is 260 g/mol. The van der Waals surface area contributed by atoms with E-state index in [4.69, 9.17) is 9.31 Å². The molecule has 1 aliphatic rings. The third kappa shape index (κ3) is 2.53. The van der Waals surface area contributed by atoms with Crippen LogP contribution in [-0.4, -0.2) is 30.0 Å². The number of hydrogen-bond donors (Lipinski definition) is 1. The van der Waals surface area contributed by atoms with Crippen LogP contribution in [-0.2, 0) is 9.31 Å². The van der Waals surface area contributed by atoms with E-state index in [0.29, 0.717) is 0 Å². The molecule has 2 rings (SSSR count). The molecule has 0 unspecified atom stereocenters. The van der Waals surface area contributed by atoms with Gasteiger partial charge in [0.1, 0.15) is 5.82 Å². The van der Waals surface area contributed by atoms with Crippen LogP contribution in [0.1, 0.15) is 40.2 Å². The molecule has 1 saturated heterocycles. The summed E-state index contributed by atoms with van der Waals surface area (Å²) in [6.45, 7) is 13.7. The molecule has 0 saturated carbocycles. The van der Waals surface area contributed by atoms with Crippen molar-refractivity contribution in [1.82, 2.24) is 4.98 Å². The molecule has 0 bridgehead atoms. The van der Waals surface area contributed by atoms with Gasteiger partial charge in [-0.15, -0.1) is 0 Å². The Balaban J connectivity index is 2.22. The Morgan fingerprint density at radius 2 is 1.89 bits per heavy atom. The quantitative estimate of drug-likeness (QED) is 0.668. The van der Waals surface area contributed by atoms with Crippen LogP contribution >= 0.6 is 0 Å². The topological polar surface area (TPSA) is 46.6 Å². The van der Waals surface area contributed by atoms with Gasteiger partial charge in [0.15, 0.2) is 0 Å². The predicted octanol–water partition coefficient (Wildman–Crippen LogP) is 3.38. The number of rotatable bonds is 3. The van der Waals surface area contributed by atoms with Gasteiger partial charge in [0.25, 0.3) is 0 Å². The van der Waals surface area contributed by atoms with E-state index in [1.54, 1.807) is 0 Å². The fourth-order valence-electron chi connectivity index (χ4n) is 1.97. The summed E-state index contributed by atoms with van der Waals surface area (Å²) in [5.74, 6) is 0.760. The second kappa shape index (κ2) is 4.65. The SMILES string of the molecule is C=Nc1[nH]ccc1/C=C(\C)B1OC(C)(C)C(C)(C)O1. The van der Waals surface area contributed by atoms with Gasteiger partial charge in [-0.25, -0.2) is 4.99 Å². The van der Waals surface area contributed by atoms with Gasteiger partial charge in [0.05, 0.1) is 11.2 Å². The van der Waals surface area contributed by atoms with Crippen molar-refractivity contribution in [2.45, 2.75) is 45.8 Å². The molecule has 19 heavy (non-hydrogen) atoms. The zero-order chi connectivity index (χ0) is 14.3. The minimum Gasteiger partial charge on any atom is -0.400 e. The van der Waals surface area contributed by atoms with Crippen LogP contribution in [0.25, 0.3) is 6.08 Å². The van der Waals surface area contributed by atoms with Gasteiger partial charge < -0.3 is 14.3 Å². The molecule has 4 nitrogen and oxygen atoms in total.